The van der Waals surface area contributed by atoms with Crippen molar-refractivity contribution in [2.75, 3.05) is 12.4 Å². The first-order chi connectivity index (χ1) is 8.81. The third kappa shape index (κ3) is 6.84. The molecule has 1 unspecified atom stereocenters. The molecule has 19 heavy (non-hydrogen) atoms. The minimum absolute atomic E-state index is 0.0868. The van der Waals surface area contributed by atoms with Gasteiger partial charge in [-0.2, -0.15) is 0 Å². The Kier molecular flexibility index (Phi) is 6.94. The van der Waals surface area contributed by atoms with E-state index in [0.717, 1.165) is 17.3 Å². The van der Waals surface area contributed by atoms with Crippen LogP contribution in [-0.4, -0.2) is 20.8 Å². The van der Waals surface area contributed by atoms with Crippen LogP contribution in [0.3, 0.4) is 0 Å². The van der Waals surface area contributed by atoms with Gasteiger partial charge in [0, 0.05) is 21.1 Å². The largest absolute Gasteiger partial charge is 0.492 e. The molecule has 0 fully saturated rings. The van der Waals surface area contributed by atoms with Crippen LogP contribution in [0, 0.1) is 5.92 Å². The fourth-order valence-corrected chi connectivity index (χ4v) is 3.79. The van der Waals surface area contributed by atoms with Crippen molar-refractivity contribution < 1.29 is 13.2 Å². The zero-order chi connectivity index (χ0) is 14.5. The Hall–Kier alpha value is 0.0300. The summed E-state index contributed by atoms with van der Waals surface area (Å²) in [6.07, 6.45) is 1.61. The predicted molar refractivity (Wildman–Crippen MR) is 82.7 cm³/mol. The van der Waals surface area contributed by atoms with Crippen LogP contribution in [0.1, 0.15) is 19.8 Å². The minimum atomic E-state index is -3.52. The number of rotatable bonds is 7. The Labute approximate surface area is 131 Å². The van der Waals surface area contributed by atoms with Crippen molar-refractivity contribution in [3.8, 4) is 5.75 Å². The van der Waals surface area contributed by atoms with Crippen LogP contribution in [-0.2, 0) is 9.05 Å². The van der Waals surface area contributed by atoms with E-state index in [-0.39, 0.29) is 18.3 Å². The fraction of sp³-hybridized carbons (Fsp3) is 0.500. The molecule has 0 aliphatic carbocycles. The number of halogens is 3. The third-order valence-corrected chi connectivity index (χ3v) is 4.54. The molecule has 7 heteroatoms. The van der Waals surface area contributed by atoms with Gasteiger partial charge in [-0.05, 0) is 24.6 Å². The molecule has 1 rings (SSSR count). The van der Waals surface area contributed by atoms with Gasteiger partial charge in [0.15, 0.2) is 0 Å². The van der Waals surface area contributed by atoms with E-state index in [9.17, 15) is 8.42 Å². The van der Waals surface area contributed by atoms with Crippen LogP contribution in [0.4, 0.5) is 0 Å². The summed E-state index contributed by atoms with van der Waals surface area (Å²) in [6, 6.07) is 5.28. The Balaban J connectivity index is 2.65. The molecule has 0 aliphatic rings. The second-order valence-corrected chi connectivity index (χ2v) is 8.39. The summed E-state index contributed by atoms with van der Waals surface area (Å²) in [4.78, 5) is 0. The lowest BCUT2D eigenvalue weighted by molar-refractivity contribution is 0.253. The molecule has 0 saturated carbocycles. The van der Waals surface area contributed by atoms with Gasteiger partial charge >= 0.3 is 0 Å². The van der Waals surface area contributed by atoms with Crippen LogP contribution < -0.4 is 4.74 Å². The molecule has 3 nitrogen and oxygen atoms in total. The Bertz CT molecular complexity index is 520. The monoisotopic (exact) mass is 388 g/mol. The molecule has 0 amide bonds. The highest BCUT2D eigenvalue weighted by molar-refractivity contribution is 9.10. The minimum Gasteiger partial charge on any atom is -0.492 e. The molecule has 0 bridgehead atoms. The smallest absolute Gasteiger partial charge is 0.232 e. The van der Waals surface area contributed by atoms with Gasteiger partial charge in [0.2, 0.25) is 9.05 Å². The van der Waals surface area contributed by atoms with Crippen LogP contribution in [0.2, 0.25) is 5.02 Å². The first kappa shape index (κ1) is 17.1. The van der Waals surface area contributed by atoms with E-state index in [1.165, 1.54) is 0 Å². The van der Waals surface area contributed by atoms with E-state index in [4.69, 9.17) is 27.0 Å². The van der Waals surface area contributed by atoms with Crippen LogP contribution in [0.15, 0.2) is 22.7 Å². The van der Waals surface area contributed by atoms with Crippen LogP contribution in [0.5, 0.6) is 5.75 Å². The second kappa shape index (κ2) is 7.72. The summed E-state index contributed by atoms with van der Waals surface area (Å²) >= 11 is 9.33. The molecule has 0 aliphatic heterocycles. The Morgan fingerprint density at radius 2 is 2.11 bits per heavy atom. The Morgan fingerprint density at radius 1 is 1.42 bits per heavy atom. The second-order valence-electron chi connectivity index (χ2n) is 4.25. The average molecular weight is 390 g/mol. The first-order valence-corrected chi connectivity index (χ1v) is 9.47. The highest BCUT2D eigenvalue weighted by Crippen LogP contribution is 2.28. The van der Waals surface area contributed by atoms with Crippen molar-refractivity contribution in [3.63, 3.8) is 0 Å². The summed E-state index contributed by atoms with van der Waals surface area (Å²) in [5, 5.41) is 0.485. The molecular formula is C12H15BrCl2O3S. The van der Waals surface area contributed by atoms with Crippen molar-refractivity contribution in [3.05, 3.63) is 27.7 Å². The van der Waals surface area contributed by atoms with Gasteiger partial charge in [-0.15, -0.1) is 0 Å². The van der Waals surface area contributed by atoms with E-state index < -0.39 is 9.05 Å². The molecule has 0 N–H and O–H groups in total. The van der Waals surface area contributed by atoms with E-state index in [2.05, 4.69) is 15.9 Å². The van der Waals surface area contributed by atoms with Gasteiger partial charge in [-0.25, -0.2) is 8.42 Å². The topological polar surface area (TPSA) is 43.4 Å². The van der Waals surface area contributed by atoms with Gasteiger partial charge < -0.3 is 4.74 Å². The summed E-state index contributed by atoms with van der Waals surface area (Å²) in [6.45, 7) is 2.27. The number of hydrogen-bond donors (Lipinski definition) is 0. The quantitative estimate of drug-likeness (QED) is 0.646. The normalized spacial score (nSPS) is 13.3. The Morgan fingerprint density at radius 3 is 2.63 bits per heavy atom. The van der Waals surface area contributed by atoms with Gasteiger partial charge in [0.05, 0.1) is 17.4 Å². The van der Waals surface area contributed by atoms with Crippen LogP contribution in [0.25, 0.3) is 0 Å². The molecule has 1 atom stereocenters. The molecular weight excluding hydrogens is 375 g/mol. The van der Waals surface area contributed by atoms with Crippen molar-refractivity contribution >= 4 is 47.3 Å². The molecule has 1 aromatic carbocycles. The number of ether oxygens (including phenoxy) is 1. The van der Waals surface area contributed by atoms with Crippen LogP contribution >= 0.6 is 38.2 Å². The lowest BCUT2D eigenvalue weighted by Gasteiger charge is -2.16. The van der Waals surface area contributed by atoms with E-state index in [1.54, 1.807) is 12.1 Å². The fourth-order valence-electron chi connectivity index (χ4n) is 1.70. The first-order valence-electron chi connectivity index (χ1n) is 5.82. The highest BCUT2D eigenvalue weighted by atomic mass is 79.9. The van der Waals surface area contributed by atoms with Gasteiger partial charge in [0.1, 0.15) is 5.75 Å². The highest BCUT2D eigenvalue weighted by Gasteiger charge is 2.17. The SMILES string of the molecule is CCCC(COc1ccc(Br)cc1Cl)CS(=O)(=O)Cl. The number of hydrogen-bond acceptors (Lipinski definition) is 3. The summed E-state index contributed by atoms with van der Waals surface area (Å²) in [5.41, 5.74) is 0. The lowest BCUT2D eigenvalue weighted by atomic mass is 10.1. The lowest BCUT2D eigenvalue weighted by Crippen LogP contribution is -2.19. The van der Waals surface area contributed by atoms with Gasteiger partial charge in [-0.1, -0.05) is 40.9 Å². The molecule has 0 heterocycles. The zero-order valence-electron chi connectivity index (χ0n) is 10.4. The average Bonchev–Trinajstić information content (AvgIpc) is 2.26. The molecule has 0 saturated heterocycles. The van der Waals surface area contributed by atoms with E-state index >= 15 is 0 Å². The summed E-state index contributed by atoms with van der Waals surface area (Å²) in [5.74, 6) is 0.321. The van der Waals surface area contributed by atoms with E-state index in [1.807, 2.05) is 13.0 Å². The molecule has 0 spiro atoms. The molecule has 108 valence electrons. The number of benzene rings is 1. The third-order valence-electron chi connectivity index (χ3n) is 2.50. The van der Waals surface area contributed by atoms with E-state index in [0.29, 0.717) is 10.8 Å². The van der Waals surface area contributed by atoms with Crippen molar-refractivity contribution in [1.29, 1.82) is 0 Å². The predicted octanol–water partition coefficient (Wildman–Crippen LogP) is 4.47. The zero-order valence-corrected chi connectivity index (χ0v) is 14.3. The maximum Gasteiger partial charge on any atom is 0.232 e. The van der Waals surface area contributed by atoms with Crippen molar-refractivity contribution in [2.24, 2.45) is 5.92 Å². The molecule has 0 aromatic heterocycles. The summed E-state index contributed by atoms with van der Waals surface area (Å²) < 4.78 is 28.7. The molecule has 1 aromatic rings. The standard InChI is InChI=1S/C12H15BrCl2O3S/c1-2-3-9(8-19(15,16)17)7-18-12-5-4-10(13)6-11(12)14/h4-6,9H,2-3,7-8H2,1H3. The van der Waals surface area contributed by atoms with Crippen molar-refractivity contribution in [1.82, 2.24) is 0 Å². The van der Waals surface area contributed by atoms with Crippen molar-refractivity contribution in [2.45, 2.75) is 19.8 Å². The summed E-state index contributed by atoms with van der Waals surface area (Å²) in [7, 11) is 1.77. The maximum atomic E-state index is 11.1. The molecule has 0 radical (unpaired) electrons. The maximum absolute atomic E-state index is 11.1. The van der Waals surface area contributed by atoms with Gasteiger partial charge in [-0.3, -0.25) is 0 Å². The van der Waals surface area contributed by atoms with Gasteiger partial charge in [0.25, 0.3) is 0 Å².